The Bertz CT molecular complexity index is 1110. The van der Waals surface area contributed by atoms with Gasteiger partial charge in [0.05, 0.1) is 6.61 Å². The van der Waals surface area contributed by atoms with E-state index in [2.05, 4.69) is 13.8 Å². The molecule has 204 valence electrons. The summed E-state index contributed by atoms with van der Waals surface area (Å²) in [6.07, 6.45) is 15.1. The summed E-state index contributed by atoms with van der Waals surface area (Å²) in [4.78, 5) is 0. The molecule has 3 aromatic carbocycles. The van der Waals surface area contributed by atoms with Crippen molar-refractivity contribution in [2.24, 2.45) is 11.8 Å². The number of benzene rings is 3. The van der Waals surface area contributed by atoms with Crippen LogP contribution in [0.5, 0.6) is 5.75 Å². The SMILES string of the molecule is CCCCCc1ccc(-c2ccc(-c3ccc(OCCCCCC4CCC(C)CC4)cc3)c(F)c2F)cc1. The summed E-state index contributed by atoms with van der Waals surface area (Å²) in [5.41, 5.74) is 3.14. The number of hydrogen-bond donors (Lipinski definition) is 0. The van der Waals surface area contributed by atoms with Gasteiger partial charge in [0.1, 0.15) is 5.75 Å². The van der Waals surface area contributed by atoms with E-state index >= 15 is 8.78 Å². The number of ether oxygens (including phenoxy) is 1. The third kappa shape index (κ3) is 7.91. The average Bonchev–Trinajstić information content (AvgIpc) is 2.94. The van der Waals surface area contributed by atoms with E-state index in [1.54, 1.807) is 12.1 Å². The Kier molecular flexibility index (Phi) is 10.8. The van der Waals surface area contributed by atoms with Crippen molar-refractivity contribution in [3.8, 4) is 28.0 Å². The Balaban J connectivity index is 1.26. The number of hydrogen-bond acceptors (Lipinski definition) is 1. The summed E-state index contributed by atoms with van der Waals surface area (Å²) in [6.45, 7) is 5.25. The van der Waals surface area contributed by atoms with E-state index in [-0.39, 0.29) is 5.56 Å². The van der Waals surface area contributed by atoms with Gasteiger partial charge in [0.15, 0.2) is 11.6 Å². The number of halogens is 2. The van der Waals surface area contributed by atoms with Crippen LogP contribution >= 0.6 is 0 Å². The molecule has 1 aliphatic rings. The van der Waals surface area contributed by atoms with Crippen LogP contribution in [0.15, 0.2) is 60.7 Å². The van der Waals surface area contributed by atoms with Crippen LogP contribution in [0.2, 0.25) is 0 Å². The Labute approximate surface area is 228 Å². The number of aryl methyl sites for hydroxylation is 1. The molecule has 0 aromatic heterocycles. The fraction of sp³-hybridized carbons (Fsp3) is 0.486. The van der Waals surface area contributed by atoms with Crippen LogP contribution in [0.3, 0.4) is 0 Å². The van der Waals surface area contributed by atoms with Crippen LogP contribution in [0.4, 0.5) is 8.78 Å². The van der Waals surface area contributed by atoms with E-state index in [9.17, 15) is 0 Å². The summed E-state index contributed by atoms with van der Waals surface area (Å²) in [5.74, 6) is 1.01. The Morgan fingerprint density at radius 2 is 1.29 bits per heavy atom. The molecule has 0 heterocycles. The van der Waals surface area contributed by atoms with Crippen molar-refractivity contribution in [1.29, 1.82) is 0 Å². The molecule has 0 spiro atoms. The fourth-order valence-corrected chi connectivity index (χ4v) is 5.68. The minimum absolute atomic E-state index is 0.270. The lowest BCUT2D eigenvalue weighted by Gasteiger charge is -2.26. The largest absolute Gasteiger partial charge is 0.494 e. The van der Waals surface area contributed by atoms with E-state index < -0.39 is 11.6 Å². The van der Waals surface area contributed by atoms with Crippen molar-refractivity contribution in [2.45, 2.75) is 90.9 Å². The van der Waals surface area contributed by atoms with Crippen molar-refractivity contribution < 1.29 is 13.5 Å². The van der Waals surface area contributed by atoms with Crippen LogP contribution in [-0.4, -0.2) is 6.61 Å². The second kappa shape index (κ2) is 14.5. The van der Waals surface area contributed by atoms with Gasteiger partial charge in [0.25, 0.3) is 0 Å². The molecule has 0 unspecified atom stereocenters. The van der Waals surface area contributed by atoms with Gasteiger partial charge in [-0.1, -0.05) is 120 Å². The summed E-state index contributed by atoms with van der Waals surface area (Å²) in [6, 6.07) is 18.5. The van der Waals surface area contributed by atoms with E-state index in [1.807, 2.05) is 48.5 Å². The highest BCUT2D eigenvalue weighted by Gasteiger charge is 2.18. The second-order valence-corrected chi connectivity index (χ2v) is 11.3. The van der Waals surface area contributed by atoms with Gasteiger partial charge >= 0.3 is 0 Å². The van der Waals surface area contributed by atoms with Gasteiger partial charge in [0, 0.05) is 11.1 Å². The van der Waals surface area contributed by atoms with Gasteiger partial charge in [-0.05, 0) is 59.9 Å². The maximum Gasteiger partial charge on any atom is 0.167 e. The summed E-state index contributed by atoms with van der Waals surface area (Å²) < 4.78 is 36.1. The zero-order valence-corrected chi connectivity index (χ0v) is 23.3. The maximum atomic E-state index is 15.1. The van der Waals surface area contributed by atoms with Gasteiger partial charge < -0.3 is 4.74 Å². The molecule has 0 aliphatic heterocycles. The standard InChI is InChI=1S/C35H44F2O/c1-3-4-6-9-28-15-17-29(18-16-28)32-23-24-33(35(37)34(32)36)30-19-21-31(22-20-30)38-25-8-5-7-10-27-13-11-26(2)12-14-27/h15-24,26-27H,3-14,25H2,1-2H3. The van der Waals surface area contributed by atoms with E-state index in [1.165, 1.54) is 63.4 Å². The first-order valence-electron chi connectivity index (χ1n) is 14.9. The smallest absolute Gasteiger partial charge is 0.167 e. The lowest BCUT2D eigenvalue weighted by atomic mass is 9.80. The van der Waals surface area contributed by atoms with E-state index in [0.29, 0.717) is 23.3 Å². The Hall–Kier alpha value is -2.68. The molecule has 0 saturated heterocycles. The normalized spacial score (nSPS) is 17.5. The molecule has 0 radical (unpaired) electrons. The molecule has 1 nitrogen and oxygen atoms in total. The van der Waals surface area contributed by atoms with E-state index in [4.69, 9.17) is 4.74 Å². The van der Waals surface area contributed by atoms with E-state index in [0.717, 1.165) is 36.8 Å². The maximum absolute atomic E-state index is 15.1. The van der Waals surface area contributed by atoms with Crippen LogP contribution in [0, 0.1) is 23.5 Å². The quantitative estimate of drug-likeness (QED) is 0.204. The third-order valence-electron chi connectivity index (χ3n) is 8.24. The van der Waals surface area contributed by atoms with Crippen LogP contribution < -0.4 is 4.74 Å². The van der Waals surface area contributed by atoms with Crippen LogP contribution in [-0.2, 0) is 6.42 Å². The zero-order valence-electron chi connectivity index (χ0n) is 23.3. The van der Waals surface area contributed by atoms with Gasteiger partial charge in [-0.2, -0.15) is 0 Å². The fourth-order valence-electron chi connectivity index (χ4n) is 5.68. The van der Waals surface area contributed by atoms with Gasteiger partial charge in [-0.15, -0.1) is 0 Å². The molecule has 1 aliphatic carbocycles. The minimum atomic E-state index is -0.810. The molecule has 3 heteroatoms. The van der Waals surface area contributed by atoms with Gasteiger partial charge in [0.2, 0.25) is 0 Å². The predicted molar refractivity (Wildman–Crippen MR) is 156 cm³/mol. The Morgan fingerprint density at radius 3 is 1.89 bits per heavy atom. The van der Waals surface area contributed by atoms with Crippen molar-refractivity contribution in [3.05, 3.63) is 77.9 Å². The lowest BCUT2D eigenvalue weighted by molar-refractivity contribution is 0.264. The number of rotatable bonds is 13. The number of unbranched alkanes of at least 4 members (excludes halogenated alkanes) is 4. The highest BCUT2D eigenvalue weighted by molar-refractivity contribution is 5.72. The topological polar surface area (TPSA) is 9.23 Å². The molecule has 1 fully saturated rings. The highest BCUT2D eigenvalue weighted by atomic mass is 19.2. The molecule has 3 aromatic rings. The molecule has 0 atom stereocenters. The van der Waals surface area contributed by atoms with Crippen molar-refractivity contribution >= 4 is 0 Å². The molecule has 38 heavy (non-hydrogen) atoms. The molecule has 0 amide bonds. The predicted octanol–water partition coefficient (Wildman–Crippen LogP) is 10.8. The van der Waals surface area contributed by atoms with Crippen molar-refractivity contribution in [3.63, 3.8) is 0 Å². The first kappa shape index (κ1) is 28.3. The lowest BCUT2D eigenvalue weighted by Crippen LogP contribution is -2.12. The van der Waals surface area contributed by atoms with Gasteiger partial charge in [-0.25, -0.2) is 8.78 Å². The first-order chi connectivity index (χ1) is 18.5. The second-order valence-electron chi connectivity index (χ2n) is 11.3. The Morgan fingerprint density at radius 1 is 0.684 bits per heavy atom. The zero-order chi connectivity index (χ0) is 26.7. The molecule has 0 N–H and O–H groups in total. The molecule has 4 rings (SSSR count). The summed E-state index contributed by atoms with van der Waals surface area (Å²) in [7, 11) is 0. The summed E-state index contributed by atoms with van der Waals surface area (Å²) >= 11 is 0. The van der Waals surface area contributed by atoms with Crippen LogP contribution in [0.25, 0.3) is 22.3 Å². The van der Waals surface area contributed by atoms with Crippen molar-refractivity contribution in [1.82, 2.24) is 0 Å². The molecular formula is C35H44F2O. The molecule has 0 bridgehead atoms. The average molecular weight is 519 g/mol. The minimum Gasteiger partial charge on any atom is -0.494 e. The summed E-state index contributed by atoms with van der Waals surface area (Å²) in [5, 5.41) is 0. The molecule has 1 saturated carbocycles. The van der Waals surface area contributed by atoms with Crippen molar-refractivity contribution in [2.75, 3.05) is 6.61 Å². The highest BCUT2D eigenvalue weighted by Crippen LogP contribution is 2.33. The first-order valence-corrected chi connectivity index (χ1v) is 14.9. The molecular weight excluding hydrogens is 474 g/mol. The monoisotopic (exact) mass is 518 g/mol. The van der Waals surface area contributed by atoms with Gasteiger partial charge in [-0.3, -0.25) is 0 Å². The van der Waals surface area contributed by atoms with Crippen LogP contribution in [0.1, 0.15) is 90.0 Å². The third-order valence-corrected chi connectivity index (χ3v) is 8.24.